The van der Waals surface area contributed by atoms with Gasteiger partial charge >= 0.3 is 113 Å². The van der Waals surface area contributed by atoms with E-state index in [0.29, 0.717) is 0 Å². The third kappa shape index (κ3) is 31.2. The maximum atomic E-state index is 13.9. The number of hydrogen-bond donors (Lipinski definition) is 0. The highest BCUT2D eigenvalue weighted by atomic mass is 16.8. The second-order valence-electron chi connectivity index (χ2n) is 31.4. The largest absolute Gasteiger partial charge is 0.463 e. The Hall–Kier alpha value is -12.0. The lowest BCUT2D eigenvalue weighted by atomic mass is 9.94. The van der Waals surface area contributed by atoms with E-state index in [-0.39, 0.29) is 0 Å². The van der Waals surface area contributed by atoms with Crippen LogP contribution in [0.15, 0.2) is 10.2 Å². The molecule has 58 nitrogen and oxygen atoms in total. The Labute approximate surface area is 782 Å². The first-order valence-corrected chi connectivity index (χ1v) is 42.2. The lowest BCUT2D eigenvalue weighted by molar-refractivity contribution is -0.395. The van der Waals surface area contributed by atoms with Crippen LogP contribution < -0.4 is 0 Å². The van der Waals surface area contributed by atoms with Gasteiger partial charge in [-0.3, -0.25) is 91.1 Å². The minimum Gasteiger partial charge on any atom is -0.463 e. The molecule has 0 amide bonds. The molecular formula is C80H106N6O52. The first-order valence-electron chi connectivity index (χ1n) is 42.2. The van der Waals surface area contributed by atoms with Crippen molar-refractivity contribution in [1.82, 2.24) is 0 Å². The molecule has 21 saturated heterocycles. The molecule has 0 aliphatic carbocycles. The van der Waals surface area contributed by atoms with Gasteiger partial charge in [0, 0.05) is 141 Å². The number of hydrogen-bond acceptors (Lipinski definition) is 54. The topological polar surface area (TPSA) is 726 Å². The Balaban J connectivity index is 1.51. The van der Waals surface area contributed by atoms with E-state index in [9.17, 15) is 102 Å². The predicted molar refractivity (Wildman–Crippen MR) is 424 cm³/mol. The van der Waals surface area contributed by atoms with Crippen molar-refractivity contribution >= 4 is 113 Å². The van der Waals surface area contributed by atoms with Crippen molar-refractivity contribution in [2.45, 2.75) is 346 Å². The molecule has 0 saturated carbocycles. The molecule has 35 atom stereocenters. The summed E-state index contributed by atoms with van der Waals surface area (Å²) in [6.45, 7) is 7.88. The number of carbonyl (C=O) groups excluding carboxylic acids is 19. The molecule has 0 N–H and O–H groups in total. The minimum absolute atomic E-state index is 0.792. The number of azide groups is 2. The fourth-order valence-corrected chi connectivity index (χ4v) is 15.8. The van der Waals surface area contributed by atoms with Gasteiger partial charge in [0.05, 0.1) is 25.3 Å². The molecule has 14 unspecified atom stereocenters. The lowest BCUT2D eigenvalue weighted by Crippen LogP contribution is -2.70. The molecular weight excluding hydrogens is 1880 g/mol. The van der Waals surface area contributed by atoms with Gasteiger partial charge in [-0.05, 0) is 11.1 Å². The molecule has 21 aliphatic rings. The van der Waals surface area contributed by atoms with E-state index < -0.39 is 374 Å². The molecule has 0 aromatic rings. The average Bonchev–Trinajstić information content (AvgIpc) is 0.776. The monoisotopic (exact) mass is 1980 g/mol. The van der Waals surface area contributed by atoms with Crippen LogP contribution in [0.4, 0.5) is 0 Å². The van der Waals surface area contributed by atoms with Crippen LogP contribution in [-0.4, -0.2) is 374 Å². The van der Waals surface area contributed by atoms with E-state index in [1.165, 1.54) is 0 Å². The molecule has 768 valence electrons. The Kier molecular flexibility index (Phi) is 41.2. The third-order valence-corrected chi connectivity index (χ3v) is 20.3. The van der Waals surface area contributed by atoms with Crippen LogP contribution in [0.5, 0.6) is 0 Å². The average molecular weight is 1980 g/mol. The fraction of sp³-hybridized carbons (Fsp3) is 0.762. The highest BCUT2D eigenvalue weighted by Gasteiger charge is 2.66. The van der Waals surface area contributed by atoms with Gasteiger partial charge in [0.2, 0.25) is 0 Å². The lowest BCUT2D eigenvalue weighted by Gasteiger charge is -2.52. The minimum atomic E-state index is -2.46. The first-order chi connectivity index (χ1) is 64.9. The fourth-order valence-electron chi connectivity index (χ4n) is 15.8. The molecule has 138 heavy (non-hydrogen) atoms. The molecule has 0 radical (unpaired) electrons. The van der Waals surface area contributed by atoms with Gasteiger partial charge in [-0.1, -0.05) is 10.2 Å². The van der Waals surface area contributed by atoms with Crippen molar-refractivity contribution in [3.05, 3.63) is 20.9 Å². The van der Waals surface area contributed by atoms with Crippen LogP contribution in [0.1, 0.15) is 132 Å². The van der Waals surface area contributed by atoms with E-state index in [1.54, 1.807) is 0 Å². The summed E-state index contributed by atoms with van der Waals surface area (Å²) in [4.78, 5) is 266. The summed E-state index contributed by atoms with van der Waals surface area (Å²) in [5.74, 6) is -23.9. The summed E-state index contributed by atoms with van der Waals surface area (Å²) in [7, 11) is 0. The third-order valence-electron chi connectivity index (χ3n) is 20.3. The smallest absolute Gasteiger partial charge is 0.303 e. The number of rotatable bonds is 28. The maximum absolute atomic E-state index is 13.9. The Morgan fingerprint density at radius 3 is 0.413 bits per heavy atom. The van der Waals surface area contributed by atoms with Gasteiger partial charge in [-0.2, -0.15) is 0 Å². The molecule has 21 aliphatic heterocycles. The zero-order chi connectivity index (χ0) is 102. The van der Waals surface area contributed by atoms with Gasteiger partial charge < -0.3 is 156 Å². The highest BCUT2D eigenvalue weighted by Crippen LogP contribution is 2.45. The van der Waals surface area contributed by atoms with Crippen LogP contribution in [0, 0.1) is 0 Å². The predicted octanol–water partition coefficient (Wildman–Crippen LogP) is -1.75. The maximum Gasteiger partial charge on any atom is 0.303 e. The Morgan fingerprint density at radius 2 is 0.297 bits per heavy atom. The summed E-state index contributed by atoms with van der Waals surface area (Å²) >= 11 is 0. The molecule has 0 aromatic heterocycles. The Bertz CT molecular complexity index is 4380. The normalized spacial score (nSPS) is 34.9. The van der Waals surface area contributed by atoms with Gasteiger partial charge in [0.25, 0.3) is 0 Å². The van der Waals surface area contributed by atoms with Gasteiger partial charge in [0.15, 0.2) is 129 Å². The highest BCUT2D eigenvalue weighted by molar-refractivity contribution is 5.73. The van der Waals surface area contributed by atoms with Crippen LogP contribution >= 0.6 is 0 Å². The number of ether oxygens (including phenoxy) is 33. The van der Waals surface area contributed by atoms with Gasteiger partial charge in [-0.15, -0.1) is 0 Å². The number of esters is 19. The van der Waals surface area contributed by atoms with E-state index in [0.717, 1.165) is 132 Å². The van der Waals surface area contributed by atoms with Crippen molar-refractivity contribution in [1.29, 1.82) is 0 Å². The molecule has 14 bridgehead atoms. The van der Waals surface area contributed by atoms with Crippen LogP contribution in [-0.2, 0) is 247 Å². The first kappa shape index (κ1) is 111. The molecule has 58 heteroatoms. The van der Waals surface area contributed by atoms with Crippen molar-refractivity contribution in [3.8, 4) is 0 Å². The zero-order valence-electron chi connectivity index (χ0n) is 77.6. The van der Waals surface area contributed by atoms with E-state index in [2.05, 4.69) is 20.1 Å². The molecule has 0 aromatic carbocycles. The number of nitrogens with zero attached hydrogens (tertiary/aromatic N) is 6. The van der Waals surface area contributed by atoms with Crippen molar-refractivity contribution < 1.29 is 247 Å². The van der Waals surface area contributed by atoms with E-state index in [4.69, 9.17) is 156 Å². The van der Waals surface area contributed by atoms with Gasteiger partial charge in [-0.25, -0.2) is 0 Å². The van der Waals surface area contributed by atoms with Crippen LogP contribution in [0.3, 0.4) is 0 Å². The molecule has 21 heterocycles. The summed E-state index contributed by atoms with van der Waals surface area (Å²) < 4.78 is 203. The van der Waals surface area contributed by atoms with Crippen molar-refractivity contribution in [2.75, 3.05) is 46.1 Å². The molecule has 21 rings (SSSR count). The Morgan fingerprint density at radius 1 is 0.181 bits per heavy atom. The van der Waals surface area contributed by atoms with E-state index in [1.807, 2.05) is 0 Å². The second kappa shape index (κ2) is 51.1. The summed E-state index contributed by atoms with van der Waals surface area (Å²) in [6, 6.07) is 0. The zero-order valence-corrected chi connectivity index (χ0v) is 77.6. The summed E-state index contributed by atoms with van der Waals surface area (Å²) in [6.07, 6.45) is -80.9. The van der Waals surface area contributed by atoms with Crippen LogP contribution in [0.2, 0.25) is 0 Å². The van der Waals surface area contributed by atoms with Crippen molar-refractivity contribution in [3.63, 3.8) is 0 Å². The van der Waals surface area contributed by atoms with Crippen LogP contribution in [0.25, 0.3) is 20.9 Å². The molecule has 0 spiro atoms. The SMILES string of the molecule is CC(=O)OCC1O[C@@H]2O[C@H]3C(CN=[N+]=[N-])O[C@H](O[C@H]4C(COC(C)=O)O[C@@H](O[C@H]5C(COC(C)=O)O[C@@H](O[C@H]6C(COC(C)=O)O[C@@H](O[C@H]7C(CN=[N+]=[N-])O[C@@H](O[C@H]8C(COC(C)=O)O[C@H](O[C@@H]1[C@H](OC(C)=O)C2OC(C)=O)C(OC(C)=O)[C@H]8OC(C)=O)C(OC(C)=O)[C@H]7OC(C)=O)C(OC(C)=O)[C@H]6OC(C)=O)C(OC(C)=O)[C@H]5OC(C)=O)C(OC(C)=O)[C@H]4OC(C)=O)C(OC(C)=O)[C@H]3OC(C)=O. The van der Waals surface area contributed by atoms with E-state index >= 15 is 0 Å². The summed E-state index contributed by atoms with van der Waals surface area (Å²) in [5, 5.41) is 7.31. The summed E-state index contributed by atoms with van der Waals surface area (Å²) in [5.41, 5.74) is 20.2. The standard InChI is InChI=1S/C80H106N6O52/c1-27(87)106-22-48-55-62(113-34(8)94)71(122-43(17)103)78(129-48)136-57-50(24-108-29(3)89)127-76(69(120-41(15)101)64(57)115-36(10)96)132-53-46(20-83-85-81)126-75(68(119-40(14)100)60(53)111-32(6)92)135-56-49(23-107-28(2)88)130-79(72(123-44(18)104)63(56)114-35(9)95)138-59-52(26-110-31(5)91)131-80(73(124-45(19)105)66(59)117-38(12)98)137-58-51(25-109-30(4)90)128-77(70(121-42(16)102)65(58)116-37(11)97)133-54-47(21-84-86-82)125-74(134-55)67(118-39(13)99)61(54)112-33(7)93/h46-80H,20-26H2,1-19H3/t46?,47?,48?,49?,50?,51?,52?,53-,54-,55-,56-,57-,58-,59-,60-,61-,62-,63-,64-,65-,66-,67?,68?,69?,70?,71?,72?,73?,74-,75+,76+,77-,78+,79-,80-/m0/s1. The molecule has 21 fully saturated rings. The van der Waals surface area contributed by atoms with Gasteiger partial charge in [0.1, 0.15) is 106 Å². The van der Waals surface area contributed by atoms with Crippen molar-refractivity contribution in [2.24, 2.45) is 10.2 Å². The second-order valence-corrected chi connectivity index (χ2v) is 31.4. The number of carbonyl (C=O) groups is 19. The quantitative estimate of drug-likeness (QED) is 0.0276.